The zero-order chi connectivity index (χ0) is 26.5. The number of thiazole rings is 1. The Morgan fingerprint density at radius 3 is 2.49 bits per heavy atom. The van der Waals surface area contributed by atoms with Gasteiger partial charge in [-0.3, -0.25) is 4.79 Å². The molecule has 0 atom stereocenters. The van der Waals surface area contributed by atoms with Crippen molar-refractivity contribution in [3.05, 3.63) is 58.6 Å². The normalized spacial score (nSPS) is 13.3. The van der Waals surface area contributed by atoms with Gasteiger partial charge in [0.2, 0.25) is 5.13 Å². The van der Waals surface area contributed by atoms with Crippen LogP contribution >= 0.6 is 11.3 Å². The molecule has 4 aromatic rings. The van der Waals surface area contributed by atoms with Gasteiger partial charge in [-0.05, 0) is 56.4 Å². The maximum absolute atomic E-state index is 13.5. The highest BCUT2D eigenvalue weighted by Gasteiger charge is 2.26. The van der Waals surface area contributed by atoms with Gasteiger partial charge in [-0.2, -0.15) is 14.7 Å². The van der Waals surface area contributed by atoms with Crippen LogP contribution in [0.3, 0.4) is 0 Å². The maximum Gasteiger partial charge on any atom is 0.373 e. The molecule has 1 saturated heterocycles. The number of rotatable bonds is 5. The number of hydrogen-bond acceptors (Lipinski definition) is 7. The van der Waals surface area contributed by atoms with Crippen LogP contribution in [-0.2, 0) is 9.59 Å². The molecule has 8 nitrogen and oxygen atoms in total. The van der Waals surface area contributed by atoms with Crippen molar-refractivity contribution in [3.63, 3.8) is 0 Å². The minimum Gasteiger partial charge on any atom is -0.497 e. The second-order valence-electron chi connectivity index (χ2n) is 9.31. The number of aromatic nitrogens is 3. The lowest BCUT2D eigenvalue weighted by Gasteiger charge is -2.25. The van der Waals surface area contributed by atoms with Gasteiger partial charge in [0.05, 0.1) is 18.3 Å². The summed E-state index contributed by atoms with van der Waals surface area (Å²) < 4.78 is 7.29. The first kappa shape index (κ1) is 26.3. The van der Waals surface area contributed by atoms with Crippen LogP contribution < -0.4 is 4.74 Å². The van der Waals surface area contributed by atoms with E-state index >= 15 is 0 Å². The lowest BCUT2D eigenvalue weighted by atomic mass is 10.1. The van der Waals surface area contributed by atoms with Gasteiger partial charge in [0.15, 0.2) is 5.69 Å². The average molecular weight is 519 g/mol. The molecule has 0 aliphatic carbocycles. The van der Waals surface area contributed by atoms with Crippen molar-refractivity contribution < 1.29 is 19.1 Å². The average Bonchev–Trinajstić information content (AvgIpc) is 3.51. The van der Waals surface area contributed by atoms with Gasteiger partial charge in [0, 0.05) is 28.9 Å². The topological polar surface area (TPSA) is 94.4 Å². The van der Waals surface area contributed by atoms with Gasteiger partial charge in [0.25, 0.3) is 5.91 Å². The predicted molar refractivity (Wildman–Crippen MR) is 142 cm³/mol. The summed E-state index contributed by atoms with van der Waals surface area (Å²) in [6, 6.07) is 14.2. The monoisotopic (exact) mass is 518 g/mol. The minimum absolute atomic E-state index is 0.0164. The molecule has 0 radical (unpaired) electrons. The lowest BCUT2D eigenvalue weighted by molar-refractivity contribution is -0.191. The fourth-order valence-corrected chi connectivity index (χ4v) is 5.62. The molecule has 5 rings (SSSR count). The third-order valence-corrected chi connectivity index (χ3v) is 7.70. The first-order valence-electron chi connectivity index (χ1n) is 12.3. The van der Waals surface area contributed by atoms with Crippen LogP contribution in [0.25, 0.3) is 27.3 Å². The van der Waals surface area contributed by atoms with Crippen molar-refractivity contribution in [2.45, 2.75) is 46.0 Å². The number of hydrogen-bond donors (Lipinski definition) is 0. The maximum atomic E-state index is 13.5. The SMILES string of the molecule is COc1cccc(-c2nc(-n3nc(C(=O)N4CCCCC4)c4cc(C)ccc43)sc2C(C)C)c1.O=C=O. The van der Waals surface area contributed by atoms with Crippen molar-refractivity contribution in [2.24, 2.45) is 0 Å². The fourth-order valence-electron chi connectivity index (χ4n) is 4.56. The first-order chi connectivity index (χ1) is 17.9. The number of benzene rings is 2. The number of likely N-dealkylation sites (tertiary alicyclic amines) is 1. The zero-order valence-electron chi connectivity index (χ0n) is 21.5. The largest absolute Gasteiger partial charge is 0.497 e. The Morgan fingerprint density at radius 1 is 1.08 bits per heavy atom. The van der Waals surface area contributed by atoms with E-state index in [2.05, 4.69) is 32.0 Å². The summed E-state index contributed by atoms with van der Waals surface area (Å²) in [5, 5.41) is 6.53. The molecule has 0 bridgehead atoms. The standard InChI is InChI=1S/C27H30N4O2S.CO2/c1-17(2)25-23(19-9-8-10-20(16-19)33-4)28-27(34-25)31-22-12-11-18(3)15-21(22)24(29-31)26(32)30-13-6-5-7-14-30;2-1-3/h8-12,15-17H,5-7,13-14H2,1-4H3;. The number of carbonyl (C=O) groups is 1. The zero-order valence-corrected chi connectivity index (χ0v) is 22.3. The summed E-state index contributed by atoms with van der Waals surface area (Å²) in [4.78, 5) is 37.9. The number of piperidine rings is 1. The fraction of sp³-hybridized carbons (Fsp3) is 0.357. The molecule has 0 saturated carbocycles. The molecule has 0 unspecified atom stereocenters. The van der Waals surface area contributed by atoms with E-state index in [1.54, 1.807) is 18.4 Å². The van der Waals surface area contributed by atoms with Crippen molar-refractivity contribution in [2.75, 3.05) is 20.2 Å². The van der Waals surface area contributed by atoms with Crippen LogP contribution in [0.5, 0.6) is 5.75 Å². The van der Waals surface area contributed by atoms with Crippen LogP contribution in [0.15, 0.2) is 42.5 Å². The van der Waals surface area contributed by atoms with E-state index in [9.17, 15) is 4.79 Å². The van der Waals surface area contributed by atoms with Gasteiger partial charge in [-0.25, -0.2) is 9.67 Å². The number of amides is 1. The van der Waals surface area contributed by atoms with Crippen molar-refractivity contribution in [1.29, 1.82) is 0 Å². The number of nitrogens with zero attached hydrogens (tertiary/aromatic N) is 4. The Hall–Kier alpha value is -3.81. The van der Waals surface area contributed by atoms with Crippen LogP contribution in [0.4, 0.5) is 0 Å². The summed E-state index contributed by atoms with van der Waals surface area (Å²) >= 11 is 1.63. The highest BCUT2D eigenvalue weighted by atomic mass is 32.1. The molecule has 9 heteroatoms. The molecule has 2 aromatic heterocycles. The van der Waals surface area contributed by atoms with E-state index in [0.717, 1.165) is 64.5 Å². The number of ether oxygens (including phenoxy) is 1. The quantitative estimate of drug-likeness (QED) is 0.340. The number of aryl methyl sites for hydroxylation is 1. The second kappa shape index (κ2) is 11.5. The molecule has 1 fully saturated rings. The third-order valence-electron chi connectivity index (χ3n) is 6.37. The summed E-state index contributed by atoms with van der Waals surface area (Å²) in [5.74, 6) is 1.12. The van der Waals surface area contributed by atoms with Crippen molar-refractivity contribution in [3.8, 4) is 22.1 Å². The van der Waals surface area contributed by atoms with Gasteiger partial charge in [-0.1, -0.05) is 48.9 Å². The van der Waals surface area contributed by atoms with Gasteiger partial charge in [-0.15, -0.1) is 0 Å². The highest BCUT2D eigenvalue weighted by molar-refractivity contribution is 7.14. The molecule has 1 aliphatic rings. The summed E-state index contributed by atoms with van der Waals surface area (Å²) in [7, 11) is 1.67. The first-order valence-corrected chi connectivity index (χ1v) is 13.1. The number of fused-ring (bicyclic) bond motifs is 1. The van der Waals surface area contributed by atoms with E-state index in [0.29, 0.717) is 11.6 Å². The van der Waals surface area contributed by atoms with Crippen molar-refractivity contribution in [1.82, 2.24) is 19.7 Å². The van der Waals surface area contributed by atoms with E-state index in [1.165, 1.54) is 11.3 Å². The summed E-state index contributed by atoms with van der Waals surface area (Å²) in [6.45, 7) is 8.00. The Bertz CT molecular complexity index is 1440. The van der Waals surface area contributed by atoms with Crippen molar-refractivity contribution >= 4 is 34.3 Å². The van der Waals surface area contributed by atoms with Crippen LogP contribution in [-0.4, -0.2) is 51.9 Å². The Labute approximate surface area is 219 Å². The molecule has 1 aliphatic heterocycles. The van der Waals surface area contributed by atoms with Gasteiger partial charge in [0.1, 0.15) is 5.75 Å². The minimum atomic E-state index is 0.0164. The molecular weight excluding hydrogens is 488 g/mol. The van der Waals surface area contributed by atoms with Gasteiger partial charge < -0.3 is 9.64 Å². The molecular formula is C28H30N4O4S. The van der Waals surface area contributed by atoms with E-state index in [1.807, 2.05) is 40.8 Å². The summed E-state index contributed by atoms with van der Waals surface area (Å²) in [6.07, 6.45) is 3.54. The molecule has 2 aromatic carbocycles. The third kappa shape index (κ3) is 5.48. The molecule has 0 spiro atoms. The van der Waals surface area contributed by atoms with E-state index in [-0.39, 0.29) is 12.1 Å². The van der Waals surface area contributed by atoms with Crippen LogP contribution in [0, 0.1) is 6.92 Å². The molecule has 1 amide bonds. The Balaban J connectivity index is 0.00000102. The molecule has 0 N–H and O–H groups in total. The lowest BCUT2D eigenvalue weighted by Crippen LogP contribution is -2.36. The molecule has 37 heavy (non-hydrogen) atoms. The Morgan fingerprint density at radius 2 is 1.81 bits per heavy atom. The van der Waals surface area contributed by atoms with Crippen LogP contribution in [0.1, 0.15) is 60.0 Å². The highest BCUT2D eigenvalue weighted by Crippen LogP contribution is 2.37. The molecule has 192 valence electrons. The van der Waals surface area contributed by atoms with E-state index in [4.69, 9.17) is 24.4 Å². The number of methoxy groups -OCH3 is 1. The summed E-state index contributed by atoms with van der Waals surface area (Å²) in [5.41, 5.74) is 4.49. The van der Waals surface area contributed by atoms with Gasteiger partial charge >= 0.3 is 6.15 Å². The van der Waals surface area contributed by atoms with E-state index < -0.39 is 0 Å². The smallest absolute Gasteiger partial charge is 0.373 e. The van der Waals surface area contributed by atoms with Crippen LogP contribution in [0.2, 0.25) is 0 Å². The second-order valence-corrected chi connectivity index (χ2v) is 10.3. The Kier molecular flexibility index (Phi) is 8.16. The predicted octanol–water partition coefficient (Wildman–Crippen LogP) is 5.63. The number of carbonyl (C=O) groups excluding carboxylic acids is 3. The molecule has 3 heterocycles.